The normalized spacial score (nSPS) is 11.6. The van der Waals surface area contributed by atoms with Crippen molar-refractivity contribution in [3.05, 3.63) is 42.0 Å². The first-order chi connectivity index (χ1) is 11.5. The number of nitrogens with one attached hydrogen (secondary N) is 2. The van der Waals surface area contributed by atoms with Gasteiger partial charge in [0.15, 0.2) is 0 Å². The molecule has 2 amide bonds. The minimum atomic E-state index is -0.421. The summed E-state index contributed by atoms with van der Waals surface area (Å²) in [7, 11) is 1.32. The number of ether oxygens (including phenoxy) is 1. The monoisotopic (exact) mass is 331 g/mol. The molecule has 1 atom stereocenters. The third kappa shape index (κ3) is 4.31. The van der Waals surface area contributed by atoms with Gasteiger partial charge in [-0.15, -0.1) is 0 Å². The number of esters is 1. The maximum absolute atomic E-state index is 12.1. The maximum Gasteiger partial charge on any atom is 0.337 e. The van der Waals surface area contributed by atoms with E-state index in [1.807, 2.05) is 13.8 Å². The van der Waals surface area contributed by atoms with Crippen molar-refractivity contribution in [2.45, 2.75) is 32.9 Å². The first-order valence-electron chi connectivity index (χ1n) is 7.68. The van der Waals surface area contributed by atoms with Gasteiger partial charge >= 0.3 is 12.0 Å². The minimum absolute atomic E-state index is 0.284. The van der Waals surface area contributed by atoms with Gasteiger partial charge in [0.25, 0.3) is 0 Å². The lowest BCUT2D eigenvalue weighted by atomic mass is 10.2. The van der Waals surface area contributed by atoms with E-state index < -0.39 is 5.97 Å². The van der Waals surface area contributed by atoms with Crippen molar-refractivity contribution in [2.24, 2.45) is 0 Å². The molecule has 2 aromatic rings. The van der Waals surface area contributed by atoms with Crippen LogP contribution in [0.25, 0.3) is 0 Å². The molecule has 2 N–H and O–H groups in total. The quantitative estimate of drug-likeness (QED) is 0.792. The Morgan fingerprint density at radius 1 is 1.29 bits per heavy atom. The van der Waals surface area contributed by atoms with E-state index in [-0.39, 0.29) is 12.1 Å². The topological polar surface area (TPSA) is 98.1 Å². The molecule has 0 saturated heterocycles. The molecule has 0 spiro atoms. The number of rotatable bonds is 6. The number of urea groups is 1. The molecule has 1 aromatic carbocycles. The lowest BCUT2D eigenvalue weighted by molar-refractivity contribution is 0.0600. The van der Waals surface area contributed by atoms with E-state index in [4.69, 9.17) is 0 Å². The number of anilines is 1. The zero-order valence-corrected chi connectivity index (χ0v) is 13.9. The average molecular weight is 331 g/mol. The lowest BCUT2D eigenvalue weighted by Crippen LogP contribution is -2.32. The van der Waals surface area contributed by atoms with Crippen molar-refractivity contribution >= 4 is 17.7 Å². The molecular weight excluding hydrogens is 310 g/mol. The molecule has 0 aliphatic heterocycles. The van der Waals surface area contributed by atoms with Gasteiger partial charge in [0, 0.05) is 12.2 Å². The van der Waals surface area contributed by atoms with E-state index in [0.717, 1.165) is 13.0 Å². The van der Waals surface area contributed by atoms with E-state index in [1.54, 1.807) is 28.9 Å². The summed E-state index contributed by atoms with van der Waals surface area (Å²) in [6, 6.07) is 5.80. The first kappa shape index (κ1) is 17.5. The van der Waals surface area contributed by atoms with Crippen molar-refractivity contribution < 1.29 is 14.3 Å². The summed E-state index contributed by atoms with van der Waals surface area (Å²) in [5.41, 5.74) is 0.992. The molecule has 8 nitrogen and oxygen atoms in total. The highest BCUT2D eigenvalue weighted by molar-refractivity contribution is 5.92. The van der Waals surface area contributed by atoms with Gasteiger partial charge in [0.2, 0.25) is 0 Å². The van der Waals surface area contributed by atoms with Crippen molar-refractivity contribution in [3.63, 3.8) is 0 Å². The number of amides is 2. The molecule has 0 saturated carbocycles. The van der Waals surface area contributed by atoms with Crippen LogP contribution in [0.5, 0.6) is 0 Å². The Bertz CT molecular complexity index is 696. The highest BCUT2D eigenvalue weighted by Gasteiger charge is 2.15. The van der Waals surface area contributed by atoms with E-state index in [2.05, 4.69) is 25.5 Å². The predicted octanol–water partition coefficient (Wildman–Crippen LogP) is 2.36. The Kier molecular flexibility index (Phi) is 5.89. The van der Waals surface area contributed by atoms with Gasteiger partial charge in [-0.05, 0) is 37.6 Å². The minimum Gasteiger partial charge on any atom is -0.465 e. The van der Waals surface area contributed by atoms with Crippen LogP contribution in [0.2, 0.25) is 0 Å². The molecular formula is C16H21N5O3. The highest BCUT2D eigenvalue weighted by atomic mass is 16.5. The second-order valence-corrected chi connectivity index (χ2v) is 5.23. The fourth-order valence-electron chi connectivity index (χ4n) is 2.23. The molecule has 0 bridgehead atoms. The number of carbonyl (C=O) groups excluding carboxylic acids is 2. The van der Waals surface area contributed by atoms with Crippen LogP contribution in [0.1, 0.15) is 42.5 Å². The van der Waals surface area contributed by atoms with E-state index in [9.17, 15) is 9.59 Å². The third-order valence-electron chi connectivity index (χ3n) is 3.38. The van der Waals surface area contributed by atoms with E-state index in [1.165, 1.54) is 13.4 Å². The van der Waals surface area contributed by atoms with Crippen LogP contribution in [-0.2, 0) is 11.3 Å². The molecule has 1 heterocycles. The van der Waals surface area contributed by atoms with Gasteiger partial charge in [-0.2, -0.15) is 5.10 Å². The van der Waals surface area contributed by atoms with E-state index >= 15 is 0 Å². The van der Waals surface area contributed by atoms with Crippen LogP contribution in [0.4, 0.5) is 10.5 Å². The van der Waals surface area contributed by atoms with Gasteiger partial charge in [0.1, 0.15) is 12.2 Å². The summed E-state index contributed by atoms with van der Waals surface area (Å²) in [4.78, 5) is 27.7. The second-order valence-electron chi connectivity index (χ2n) is 5.23. The first-order valence-corrected chi connectivity index (χ1v) is 7.68. The fraction of sp³-hybridized carbons (Fsp3) is 0.375. The van der Waals surface area contributed by atoms with Crippen molar-refractivity contribution in [1.29, 1.82) is 0 Å². The summed E-state index contributed by atoms with van der Waals surface area (Å²) in [6.07, 6.45) is 2.41. The number of aromatic nitrogens is 3. The summed E-state index contributed by atoms with van der Waals surface area (Å²) < 4.78 is 6.40. The number of hydrogen-bond acceptors (Lipinski definition) is 5. The lowest BCUT2D eigenvalue weighted by Gasteiger charge is -2.15. The largest absolute Gasteiger partial charge is 0.465 e. The zero-order valence-electron chi connectivity index (χ0n) is 13.9. The Balaban J connectivity index is 1.95. The number of nitrogens with zero attached hydrogens (tertiary/aromatic N) is 3. The van der Waals surface area contributed by atoms with Gasteiger partial charge in [-0.3, -0.25) is 0 Å². The number of carbonyl (C=O) groups is 2. The Morgan fingerprint density at radius 3 is 2.62 bits per heavy atom. The van der Waals surface area contributed by atoms with Crippen LogP contribution in [0.15, 0.2) is 30.6 Å². The van der Waals surface area contributed by atoms with Gasteiger partial charge in [-0.1, -0.05) is 6.92 Å². The Morgan fingerprint density at radius 2 is 2.00 bits per heavy atom. The average Bonchev–Trinajstić information content (AvgIpc) is 3.03. The van der Waals surface area contributed by atoms with Gasteiger partial charge in [-0.25, -0.2) is 19.3 Å². The highest BCUT2D eigenvalue weighted by Crippen LogP contribution is 2.12. The van der Waals surface area contributed by atoms with Crippen LogP contribution in [0.3, 0.4) is 0 Å². The third-order valence-corrected chi connectivity index (χ3v) is 3.38. The SMILES string of the molecule is CCCn1ncnc1[C@H](C)NC(=O)Nc1ccc(C(=O)OC)cc1. The number of benzene rings is 1. The van der Waals surface area contributed by atoms with Crippen LogP contribution in [-0.4, -0.2) is 33.9 Å². The van der Waals surface area contributed by atoms with Crippen molar-refractivity contribution in [1.82, 2.24) is 20.1 Å². The second kappa shape index (κ2) is 8.09. The predicted molar refractivity (Wildman–Crippen MR) is 88.7 cm³/mol. The Labute approximate surface area is 140 Å². The molecule has 0 aliphatic carbocycles. The number of aryl methyl sites for hydroxylation is 1. The van der Waals surface area contributed by atoms with Crippen molar-refractivity contribution in [2.75, 3.05) is 12.4 Å². The molecule has 1 aromatic heterocycles. The van der Waals surface area contributed by atoms with Gasteiger partial charge in [0.05, 0.1) is 18.7 Å². The van der Waals surface area contributed by atoms with Crippen LogP contribution < -0.4 is 10.6 Å². The molecule has 24 heavy (non-hydrogen) atoms. The molecule has 0 fully saturated rings. The zero-order chi connectivity index (χ0) is 17.5. The number of hydrogen-bond donors (Lipinski definition) is 2. The molecule has 0 radical (unpaired) electrons. The standard InChI is InChI=1S/C16H21N5O3/c1-4-9-21-14(17-10-18-21)11(2)19-16(23)20-13-7-5-12(6-8-13)15(22)24-3/h5-8,10-11H,4,9H2,1-3H3,(H2,19,20,23)/t11-/m0/s1. The number of methoxy groups -OCH3 is 1. The smallest absolute Gasteiger partial charge is 0.337 e. The van der Waals surface area contributed by atoms with E-state index in [0.29, 0.717) is 17.1 Å². The molecule has 0 unspecified atom stereocenters. The molecule has 0 aliphatic rings. The summed E-state index contributed by atoms with van der Waals surface area (Å²) in [6.45, 7) is 4.64. The van der Waals surface area contributed by atoms with Crippen LogP contribution >= 0.6 is 0 Å². The molecule has 8 heteroatoms. The van der Waals surface area contributed by atoms with Gasteiger partial charge < -0.3 is 15.4 Å². The Hall–Kier alpha value is -2.90. The summed E-state index contributed by atoms with van der Waals surface area (Å²) >= 11 is 0. The molecule has 2 rings (SSSR count). The molecule has 128 valence electrons. The van der Waals surface area contributed by atoms with Crippen molar-refractivity contribution in [3.8, 4) is 0 Å². The summed E-state index contributed by atoms with van der Waals surface area (Å²) in [5, 5.41) is 9.67. The maximum atomic E-state index is 12.1. The van der Waals surface area contributed by atoms with Crippen LogP contribution in [0, 0.1) is 0 Å². The summed E-state index contributed by atoms with van der Waals surface area (Å²) in [5.74, 6) is 0.280. The fourth-order valence-corrected chi connectivity index (χ4v) is 2.23.